The molecule has 106 valence electrons. The molecule has 5 heteroatoms. The van der Waals surface area contributed by atoms with Crippen molar-refractivity contribution in [2.45, 2.75) is 44.2 Å². The molecule has 0 spiro atoms. The Morgan fingerprint density at radius 1 is 1.35 bits per heavy atom. The van der Waals surface area contributed by atoms with E-state index in [1.54, 1.807) is 0 Å². The van der Waals surface area contributed by atoms with Gasteiger partial charge in [-0.25, -0.2) is 0 Å². The van der Waals surface area contributed by atoms with Crippen LogP contribution in [0.15, 0.2) is 29.4 Å². The molecule has 0 radical (unpaired) electrons. The lowest BCUT2D eigenvalue weighted by Crippen LogP contribution is -2.39. The fourth-order valence-electron chi connectivity index (χ4n) is 2.48. The summed E-state index contributed by atoms with van der Waals surface area (Å²) in [7, 11) is 0. The number of rotatable bonds is 3. The van der Waals surface area contributed by atoms with Crippen LogP contribution < -0.4 is 5.32 Å². The third-order valence-electron chi connectivity index (χ3n) is 3.70. The van der Waals surface area contributed by atoms with E-state index in [1.807, 2.05) is 38.1 Å². The molecular weight excluding hydrogens is 276 g/mol. The summed E-state index contributed by atoms with van der Waals surface area (Å²) in [6.45, 7) is 3.88. The highest BCUT2D eigenvalue weighted by atomic mass is 35.5. The van der Waals surface area contributed by atoms with Crippen LogP contribution in [0.4, 0.5) is 0 Å². The molecule has 1 aromatic rings. The Labute approximate surface area is 123 Å². The standard InChI is InChI=1S/C15H17ClN2O2/c1-15(2)12(9-3-5-10(16)6-4-9)13(18-20-15)14(19)17-11-7-8-11/h3-6,11-12H,7-8H2,1-2H3,(H,17,19). The van der Waals surface area contributed by atoms with Crippen LogP contribution in [0.1, 0.15) is 38.2 Å². The van der Waals surface area contributed by atoms with Crippen LogP contribution in [0.25, 0.3) is 0 Å². The van der Waals surface area contributed by atoms with Crippen molar-refractivity contribution in [2.75, 3.05) is 0 Å². The molecule has 1 aliphatic carbocycles. The van der Waals surface area contributed by atoms with Gasteiger partial charge in [0.15, 0.2) is 5.71 Å². The minimum absolute atomic E-state index is 0.127. The van der Waals surface area contributed by atoms with E-state index in [0.717, 1.165) is 18.4 Å². The third-order valence-corrected chi connectivity index (χ3v) is 3.95. The molecule has 1 heterocycles. The molecule has 2 aliphatic rings. The number of oxime groups is 1. The molecule has 1 amide bonds. The summed E-state index contributed by atoms with van der Waals surface area (Å²) < 4.78 is 0. The molecule has 1 unspecified atom stereocenters. The summed E-state index contributed by atoms with van der Waals surface area (Å²) in [6, 6.07) is 7.79. The number of carbonyl (C=O) groups excluding carboxylic acids is 1. The minimum Gasteiger partial charge on any atom is -0.388 e. The summed E-state index contributed by atoms with van der Waals surface area (Å²) in [5, 5.41) is 7.66. The lowest BCUT2D eigenvalue weighted by molar-refractivity contribution is -0.115. The van der Waals surface area contributed by atoms with Gasteiger partial charge in [0, 0.05) is 11.1 Å². The first-order valence-electron chi connectivity index (χ1n) is 6.80. The molecule has 0 aromatic heterocycles. The highest BCUT2D eigenvalue weighted by Crippen LogP contribution is 2.38. The predicted octanol–water partition coefficient (Wildman–Crippen LogP) is 2.87. The SMILES string of the molecule is CC1(C)ON=C(C(=O)NC2CC2)C1c1ccc(Cl)cc1. The fourth-order valence-corrected chi connectivity index (χ4v) is 2.60. The first-order valence-corrected chi connectivity index (χ1v) is 7.17. The number of nitrogens with one attached hydrogen (secondary N) is 1. The Morgan fingerprint density at radius 3 is 2.60 bits per heavy atom. The molecule has 4 nitrogen and oxygen atoms in total. The van der Waals surface area contributed by atoms with E-state index in [2.05, 4.69) is 10.5 Å². The van der Waals surface area contributed by atoms with Crippen molar-refractivity contribution in [3.8, 4) is 0 Å². The Balaban J connectivity index is 1.88. The number of amides is 1. The molecule has 3 rings (SSSR count). The summed E-state index contributed by atoms with van der Waals surface area (Å²) in [5.74, 6) is -0.309. The van der Waals surface area contributed by atoms with Crippen LogP contribution in [0, 0.1) is 0 Å². The molecule has 20 heavy (non-hydrogen) atoms. The Morgan fingerprint density at radius 2 is 2.00 bits per heavy atom. The lowest BCUT2D eigenvalue weighted by Gasteiger charge is -2.25. The van der Waals surface area contributed by atoms with Crippen molar-refractivity contribution in [3.05, 3.63) is 34.9 Å². The van der Waals surface area contributed by atoms with Crippen LogP contribution in [0.3, 0.4) is 0 Å². The molecule has 1 aliphatic heterocycles. The zero-order chi connectivity index (χ0) is 14.3. The smallest absolute Gasteiger partial charge is 0.270 e. The van der Waals surface area contributed by atoms with Gasteiger partial charge in [0.1, 0.15) is 5.60 Å². The number of hydrogen-bond donors (Lipinski definition) is 1. The van der Waals surface area contributed by atoms with Gasteiger partial charge in [0.05, 0.1) is 5.92 Å². The summed E-state index contributed by atoms with van der Waals surface area (Å²) in [5.41, 5.74) is 0.898. The quantitative estimate of drug-likeness (QED) is 0.931. The lowest BCUT2D eigenvalue weighted by atomic mass is 9.81. The van der Waals surface area contributed by atoms with Crippen LogP contribution in [0.2, 0.25) is 5.02 Å². The molecule has 1 saturated carbocycles. The molecule has 0 saturated heterocycles. The second-order valence-electron chi connectivity index (χ2n) is 5.90. The van der Waals surface area contributed by atoms with Crippen LogP contribution in [0.5, 0.6) is 0 Å². The van der Waals surface area contributed by atoms with Gasteiger partial charge in [0.25, 0.3) is 5.91 Å². The van der Waals surface area contributed by atoms with E-state index in [9.17, 15) is 4.79 Å². The van der Waals surface area contributed by atoms with Gasteiger partial charge in [0.2, 0.25) is 0 Å². The molecule has 1 fully saturated rings. The molecule has 1 N–H and O–H groups in total. The average molecular weight is 293 g/mol. The molecule has 1 aromatic carbocycles. The number of halogens is 1. The second kappa shape index (κ2) is 4.77. The van der Waals surface area contributed by atoms with E-state index in [0.29, 0.717) is 16.8 Å². The van der Waals surface area contributed by atoms with Gasteiger partial charge in [-0.2, -0.15) is 0 Å². The first kappa shape index (κ1) is 13.4. The van der Waals surface area contributed by atoms with Gasteiger partial charge < -0.3 is 10.2 Å². The number of benzene rings is 1. The Hall–Kier alpha value is -1.55. The van der Waals surface area contributed by atoms with Crippen LogP contribution >= 0.6 is 11.6 Å². The van der Waals surface area contributed by atoms with Crippen molar-refractivity contribution in [1.29, 1.82) is 0 Å². The largest absolute Gasteiger partial charge is 0.388 e. The van der Waals surface area contributed by atoms with Crippen molar-refractivity contribution in [3.63, 3.8) is 0 Å². The van der Waals surface area contributed by atoms with E-state index >= 15 is 0 Å². The van der Waals surface area contributed by atoms with Gasteiger partial charge in [-0.15, -0.1) is 0 Å². The maximum absolute atomic E-state index is 12.3. The molecular formula is C15H17ClN2O2. The zero-order valence-electron chi connectivity index (χ0n) is 11.5. The highest BCUT2D eigenvalue weighted by molar-refractivity contribution is 6.41. The Kier molecular flexibility index (Phi) is 3.21. The van der Waals surface area contributed by atoms with E-state index in [-0.39, 0.29) is 11.8 Å². The van der Waals surface area contributed by atoms with E-state index < -0.39 is 5.60 Å². The maximum Gasteiger partial charge on any atom is 0.270 e. The third kappa shape index (κ3) is 2.52. The predicted molar refractivity (Wildman–Crippen MR) is 78.0 cm³/mol. The van der Waals surface area contributed by atoms with Crippen LogP contribution in [-0.4, -0.2) is 23.3 Å². The maximum atomic E-state index is 12.3. The van der Waals surface area contributed by atoms with Crippen LogP contribution in [-0.2, 0) is 9.63 Å². The van der Waals surface area contributed by atoms with Gasteiger partial charge in [-0.3, -0.25) is 4.79 Å². The monoisotopic (exact) mass is 292 g/mol. The molecule has 1 atom stereocenters. The number of nitrogens with zero attached hydrogens (tertiary/aromatic N) is 1. The summed E-state index contributed by atoms with van der Waals surface area (Å²) in [6.07, 6.45) is 2.10. The minimum atomic E-state index is -0.538. The first-order chi connectivity index (χ1) is 9.47. The van der Waals surface area contributed by atoms with E-state index in [4.69, 9.17) is 16.4 Å². The van der Waals surface area contributed by atoms with Crippen molar-refractivity contribution < 1.29 is 9.63 Å². The Bertz CT molecular complexity index is 562. The van der Waals surface area contributed by atoms with Gasteiger partial charge in [-0.1, -0.05) is 28.9 Å². The van der Waals surface area contributed by atoms with Crippen molar-refractivity contribution in [1.82, 2.24) is 5.32 Å². The van der Waals surface area contributed by atoms with Crippen molar-refractivity contribution in [2.24, 2.45) is 5.16 Å². The topological polar surface area (TPSA) is 50.7 Å². The molecule has 0 bridgehead atoms. The summed E-state index contributed by atoms with van der Waals surface area (Å²) >= 11 is 5.92. The summed E-state index contributed by atoms with van der Waals surface area (Å²) in [4.78, 5) is 17.8. The fraction of sp³-hybridized carbons (Fsp3) is 0.467. The second-order valence-corrected chi connectivity index (χ2v) is 6.34. The van der Waals surface area contributed by atoms with Gasteiger partial charge >= 0.3 is 0 Å². The van der Waals surface area contributed by atoms with E-state index in [1.165, 1.54) is 0 Å². The average Bonchev–Trinajstić information content (AvgIpc) is 3.13. The van der Waals surface area contributed by atoms with Crippen molar-refractivity contribution >= 4 is 23.2 Å². The highest BCUT2D eigenvalue weighted by Gasteiger charge is 2.45. The number of carbonyl (C=O) groups is 1. The number of hydrogen-bond acceptors (Lipinski definition) is 3. The zero-order valence-corrected chi connectivity index (χ0v) is 12.3. The van der Waals surface area contributed by atoms with Gasteiger partial charge in [-0.05, 0) is 44.4 Å². The normalized spacial score (nSPS) is 23.9.